The van der Waals surface area contributed by atoms with Crippen LogP contribution in [0.4, 0.5) is 4.79 Å². The number of carbonyl (C=O) groups excluding carboxylic acids is 3. The first-order valence-electron chi connectivity index (χ1n) is 9.48. The van der Waals surface area contributed by atoms with E-state index in [1.165, 1.54) is 0 Å². The van der Waals surface area contributed by atoms with Gasteiger partial charge in [0.1, 0.15) is 17.7 Å². The van der Waals surface area contributed by atoms with E-state index in [0.29, 0.717) is 13.0 Å². The molecule has 28 heavy (non-hydrogen) atoms. The molecule has 3 atom stereocenters. The molecular weight excluding hydrogens is 366 g/mol. The number of hydrogen-bond donors (Lipinski definition) is 4. The molecule has 0 radical (unpaired) electrons. The molecule has 0 bridgehead atoms. The minimum Gasteiger partial charge on any atom is -0.480 e. The van der Waals surface area contributed by atoms with E-state index in [0.717, 1.165) is 0 Å². The summed E-state index contributed by atoms with van der Waals surface area (Å²) in [4.78, 5) is 48.2. The average molecular weight is 399 g/mol. The summed E-state index contributed by atoms with van der Waals surface area (Å²) in [5.74, 6) is -2.51. The monoisotopic (exact) mass is 399 g/mol. The molecule has 1 aliphatic heterocycles. The van der Waals surface area contributed by atoms with Gasteiger partial charge in [0.25, 0.3) is 0 Å². The number of aliphatic carboxylic acids is 1. The first-order chi connectivity index (χ1) is 12.7. The van der Waals surface area contributed by atoms with E-state index in [1.807, 2.05) is 20.8 Å². The Morgan fingerprint density at radius 3 is 2.18 bits per heavy atom. The topological polar surface area (TPSA) is 134 Å². The van der Waals surface area contributed by atoms with Crippen molar-refractivity contribution in [3.63, 3.8) is 0 Å². The van der Waals surface area contributed by atoms with Gasteiger partial charge in [-0.2, -0.15) is 0 Å². The highest BCUT2D eigenvalue weighted by atomic mass is 16.6. The standard InChI is InChI=1S/C19H33N3O6/c1-18(2,3)10-13(22-17(27)28-19(4,5)6)15(24)21-12(16(25)26)9-11-7-8-20-14(11)23/h11-13H,7-10H2,1-6H3,(H,20,23)(H,21,24)(H,22,27)(H,25,26)/t11-,12?,13?/m0/s1. The van der Waals surface area contributed by atoms with Gasteiger partial charge in [-0.25, -0.2) is 9.59 Å². The Balaban J connectivity index is 2.85. The highest BCUT2D eigenvalue weighted by molar-refractivity contribution is 5.90. The fraction of sp³-hybridized carbons (Fsp3) is 0.789. The van der Waals surface area contributed by atoms with Crippen molar-refractivity contribution in [1.82, 2.24) is 16.0 Å². The van der Waals surface area contributed by atoms with Gasteiger partial charge in [0, 0.05) is 12.5 Å². The van der Waals surface area contributed by atoms with E-state index in [2.05, 4.69) is 16.0 Å². The van der Waals surface area contributed by atoms with Crippen molar-refractivity contribution in [1.29, 1.82) is 0 Å². The number of rotatable bonds is 7. The van der Waals surface area contributed by atoms with Crippen molar-refractivity contribution < 1.29 is 29.0 Å². The molecule has 2 unspecified atom stereocenters. The van der Waals surface area contributed by atoms with Crippen molar-refractivity contribution in [2.45, 2.75) is 78.5 Å². The van der Waals surface area contributed by atoms with Crippen LogP contribution in [0.5, 0.6) is 0 Å². The number of nitrogens with one attached hydrogen (secondary N) is 3. The number of hydrogen-bond acceptors (Lipinski definition) is 5. The summed E-state index contributed by atoms with van der Waals surface area (Å²) in [6, 6.07) is -2.18. The molecule has 0 saturated carbocycles. The van der Waals surface area contributed by atoms with E-state index >= 15 is 0 Å². The third-order valence-electron chi connectivity index (χ3n) is 4.12. The van der Waals surface area contributed by atoms with Gasteiger partial charge >= 0.3 is 12.1 Å². The number of amides is 3. The van der Waals surface area contributed by atoms with Crippen molar-refractivity contribution in [3.8, 4) is 0 Å². The van der Waals surface area contributed by atoms with E-state index in [1.54, 1.807) is 20.8 Å². The van der Waals surface area contributed by atoms with Crippen molar-refractivity contribution in [3.05, 3.63) is 0 Å². The van der Waals surface area contributed by atoms with Crippen LogP contribution in [0.25, 0.3) is 0 Å². The van der Waals surface area contributed by atoms with Crippen LogP contribution in [0, 0.1) is 11.3 Å². The Morgan fingerprint density at radius 1 is 1.14 bits per heavy atom. The Hall–Kier alpha value is -2.32. The fourth-order valence-corrected chi connectivity index (χ4v) is 2.92. The molecule has 3 amide bonds. The second-order valence-corrected chi connectivity index (χ2v) is 9.38. The molecule has 4 N–H and O–H groups in total. The van der Waals surface area contributed by atoms with Gasteiger partial charge in [0.05, 0.1) is 0 Å². The Labute approximate surface area is 166 Å². The maximum atomic E-state index is 12.7. The Morgan fingerprint density at radius 2 is 1.75 bits per heavy atom. The summed E-state index contributed by atoms with van der Waals surface area (Å²) in [6.45, 7) is 11.3. The molecule has 160 valence electrons. The van der Waals surface area contributed by atoms with Crippen molar-refractivity contribution >= 4 is 23.9 Å². The lowest BCUT2D eigenvalue weighted by Crippen LogP contribution is -2.53. The Kier molecular flexibility index (Phi) is 7.84. The van der Waals surface area contributed by atoms with Gasteiger partial charge < -0.3 is 25.8 Å². The maximum Gasteiger partial charge on any atom is 0.408 e. The summed E-state index contributed by atoms with van der Waals surface area (Å²) < 4.78 is 5.21. The predicted octanol–water partition coefficient (Wildman–Crippen LogP) is 1.41. The molecule has 0 aliphatic carbocycles. The lowest BCUT2D eigenvalue weighted by molar-refractivity contribution is -0.143. The minimum absolute atomic E-state index is 0.00157. The second-order valence-electron chi connectivity index (χ2n) is 9.38. The molecule has 1 saturated heterocycles. The van der Waals surface area contributed by atoms with Gasteiger partial charge in [-0.05, 0) is 45.4 Å². The number of carbonyl (C=O) groups is 4. The van der Waals surface area contributed by atoms with Crippen LogP contribution in [0.2, 0.25) is 0 Å². The summed E-state index contributed by atoms with van der Waals surface area (Å²) in [5.41, 5.74) is -1.03. The number of ether oxygens (including phenoxy) is 1. The van der Waals surface area contributed by atoms with Gasteiger partial charge in [0.15, 0.2) is 0 Å². The maximum absolute atomic E-state index is 12.7. The van der Waals surface area contributed by atoms with Crippen LogP contribution in [0.3, 0.4) is 0 Å². The lowest BCUT2D eigenvalue weighted by Gasteiger charge is -2.28. The Bertz CT molecular complexity index is 606. The highest BCUT2D eigenvalue weighted by Crippen LogP contribution is 2.22. The van der Waals surface area contributed by atoms with Crippen LogP contribution < -0.4 is 16.0 Å². The molecular formula is C19H33N3O6. The zero-order valence-electron chi connectivity index (χ0n) is 17.5. The molecule has 0 aromatic rings. The lowest BCUT2D eigenvalue weighted by atomic mass is 9.87. The van der Waals surface area contributed by atoms with Crippen LogP contribution in [-0.4, -0.2) is 53.2 Å². The summed E-state index contributed by atoms with van der Waals surface area (Å²) >= 11 is 0. The average Bonchev–Trinajstić information content (AvgIpc) is 2.87. The van der Waals surface area contributed by atoms with Gasteiger partial charge in [-0.15, -0.1) is 0 Å². The molecule has 1 heterocycles. The molecule has 1 fully saturated rings. The normalized spacial score (nSPS) is 19.4. The van der Waals surface area contributed by atoms with Crippen LogP contribution >= 0.6 is 0 Å². The molecule has 1 aliphatic rings. The number of carboxylic acid groups (broad SMARTS) is 1. The molecule has 0 aromatic carbocycles. The zero-order chi connectivity index (χ0) is 21.7. The second kappa shape index (κ2) is 9.25. The van der Waals surface area contributed by atoms with Crippen molar-refractivity contribution in [2.24, 2.45) is 11.3 Å². The van der Waals surface area contributed by atoms with Crippen LogP contribution in [-0.2, 0) is 19.1 Å². The highest BCUT2D eigenvalue weighted by Gasteiger charge is 2.34. The van der Waals surface area contributed by atoms with Crippen molar-refractivity contribution in [2.75, 3.05) is 6.54 Å². The molecule has 9 nitrogen and oxygen atoms in total. The summed E-state index contributed by atoms with van der Waals surface area (Å²) in [7, 11) is 0. The SMILES string of the molecule is CC(C)(C)CC(NC(=O)OC(C)(C)C)C(=O)NC(C[C@@H]1CCNC1=O)C(=O)O. The van der Waals surface area contributed by atoms with Crippen LogP contribution in [0.1, 0.15) is 60.8 Å². The quantitative estimate of drug-likeness (QED) is 0.511. The van der Waals surface area contributed by atoms with Gasteiger partial charge in [-0.3, -0.25) is 9.59 Å². The first-order valence-corrected chi connectivity index (χ1v) is 9.48. The van der Waals surface area contributed by atoms with E-state index < -0.39 is 41.6 Å². The number of carboxylic acids is 1. The largest absolute Gasteiger partial charge is 0.480 e. The third-order valence-corrected chi connectivity index (χ3v) is 4.12. The molecule has 1 rings (SSSR count). The van der Waals surface area contributed by atoms with Gasteiger partial charge in [0.2, 0.25) is 11.8 Å². The predicted molar refractivity (Wildman–Crippen MR) is 103 cm³/mol. The van der Waals surface area contributed by atoms with E-state index in [-0.39, 0.29) is 24.2 Å². The molecule has 9 heteroatoms. The fourth-order valence-electron chi connectivity index (χ4n) is 2.92. The molecule has 0 spiro atoms. The minimum atomic E-state index is -1.22. The van der Waals surface area contributed by atoms with Crippen LogP contribution in [0.15, 0.2) is 0 Å². The third kappa shape index (κ3) is 8.58. The van der Waals surface area contributed by atoms with E-state index in [9.17, 15) is 24.3 Å². The number of alkyl carbamates (subject to hydrolysis) is 1. The zero-order valence-corrected chi connectivity index (χ0v) is 17.5. The smallest absolute Gasteiger partial charge is 0.408 e. The molecule has 0 aromatic heterocycles. The van der Waals surface area contributed by atoms with Gasteiger partial charge in [-0.1, -0.05) is 20.8 Å². The first kappa shape index (κ1) is 23.7. The summed E-state index contributed by atoms with van der Waals surface area (Å²) in [6.07, 6.45) is 0.0645. The van der Waals surface area contributed by atoms with E-state index in [4.69, 9.17) is 4.74 Å². The summed E-state index contributed by atoms with van der Waals surface area (Å²) in [5, 5.41) is 17.1.